The number of ketones is 1. The van der Waals surface area contributed by atoms with Gasteiger partial charge in [0.25, 0.3) is 6.43 Å². The third-order valence-electron chi connectivity index (χ3n) is 6.82. The number of cyclic esters (lactones) is 1. The van der Waals surface area contributed by atoms with Gasteiger partial charge in [-0.25, -0.2) is 32.0 Å². The van der Waals surface area contributed by atoms with E-state index < -0.39 is 42.3 Å². The zero-order valence-electron chi connectivity index (χ0n) is 22.8. The molecule has 0 radical (unpaired) electrons. The second-order valence-corrected chi connectivity index (χ2v) is 9.70. The maximum Gasteiger partial charge on any atom is 0.414 e. The second kappa shape index (κ2) is 11.2. The number of H-pyrrole nitrogens is 1. The molecule has 3 aromatic heterocycles. The van der Waals surface area contributed by atoms with Crippen LogP contribution in [-0.2, 0) is 4.74 Å². The van der Waals surface area contributed by atoms with E-state index >= 15 is 0 Å². The Labute approximate surface area is 245 Å². The van der Waals surface area contributed by atoms with E-state index in [9.17, 15) is 27.2 Å². The van der Waals surface area contributed by atoms with E-state index in [1.165, 1.54) is 52.3 Å². The minimum atomic E-state index is -2.75. The Kier molecular flexibility index (Phi) is 7.28. The molecule has 44 heavy (non-hydrogen) atoms. The number of aryl methyl sites for hydroxylation is 1. The Morgan fingerprint density at radius 1 is 1.14 bits per heavy atom. The highest BCUT2D eigenvalue weighted by molar-refractivity contribution is 6.13. The topological polar surface area (TPSA) is 138 Å². The average molecular weight is 611 g/mol. The van der Waals surface area contributed by atoms with Crippen LogP contribution in [0, 0.1) is 18.6 Å². The van der Waals surface area contributed by atoms with Gasteiger partial charge < -0.3 is 24.9 Å². The van der Waals surface area contributed by atoms with Crippen LogP contribution in [0.3, 0.4) is 0 Å². The number of carbonyl (C=O) groups excluding carboxylic acids is 2. The normalized spacial score (nSPS) is 13.1. The lowest BCUT2D eigenvalue weighted by Gasteiger charge is -2.18. The van der Waals surface area contributed by atoms with Gasteiger partial charge >= 0.3 is 6.09 Å². The van der Waals surface area contributed by atoms with Crippen LogP contribution >= 0.6 is 0 Å². The number of pyridine rings is 1. The summed E-state index contributed by atoms with van der Waals surface area (Å²) in [4.78, 5) is 34.0. The zero-order chi connectivity index (χ0) is 31.1. The van der Waals surface area contributed by atoms with Gasteiger partial charge in [-0.1, -0.05) is 6.07 Å². The molecule has 15 heteroatoms. The van der Waals surface area contributed by atoms with Crippen LogP contribution in [0.5, 0.6) is 17.4 Å². The van der Waals surface area contributed by atoms with Crippen molar-refractivity contribution in [3.05, 3.63) is 83.3 Å². The zero-order valence-corrected chi connectivity index (χ0v) is 22.8. The molecule has 1 fully saturated rings. The molecule has 226 valence electrons. The van der Waals surface area contributed by atoms with Crippen LogP contribution in [0.2, 0.25) is 0 Å². The Balaban J connectivity index is 1.29. The number of amides is 1. The van der Waals surface area contributed by atoms with Crippen LogP contribution in [0.25, 0.3) is 16.6 Å². The molecule has 5 aromatic rings. The summed E-state index contributed by atoms with van der Waals surface area (Å²) in [6, 6.07) is 9.21. The lowest BCUT2D eigenvalue weighted by molar-refractivity contribution is 0.0822. The van der Waals surface area contributed by atoms with Crippen molar-refractivity contribution in [2.75, 3.05) is 30.4 Å². The number of nitrogens with one attached hydrogen (secondary N) is 1. The second-order valence-electron chi connectivity index (χ2n) is 9.70. The first kappa shape index (κ1) is 28.5. The number of aromatic amines is 1. The van der Waals surface area contributed by atoms with E-state index in [4.69, 9.17) is 19.9 Å². The molecule has 3 N–H and O–H groups in total. The highest BCUT2D eigenvalue weighted by atomic mass is 19.3. The minimum Gasteiger partial charge on any atom is -0.485 e. The fourth-order valence-corrected chi connectivity index (χ4v) is 4.72. The van der Waals surface area contributed by atoms with Crippen molar-refractivity contribution in [3.8, 4) is 23.1 Å². The van der Waals surface area contributed by atoms with Gasteiger partial charge in [0.05, 0.1) is 41.6 Å². The van der Waals surface area contributed by atoms with Crippen LogP contribution in [0.1, 0.15) is 21.6 Å². The molecule has 1 saturated heterocycles. The molecule has 0 unspecified atom stereocenters. The smallest absolute Gasteiger partial charge is 0.414 e. The summed E-state index contributed by atoms with van der Waals surface area (Å²) in [5.74, 6) is -2.98. The summed E-state index contributed by atoms with van der Waals surface area (Å²) in [6.07, 6.45) is -0.803. The van der Waals surface area contributed by atoms with Gasteiger partial charge in [0.2, 0.25) is 17.4 Å². The first-order valence-electron chi connectivity index (χ1n) is 13.1. The van der Waals surface area contributed by atoms with E-state index in [2.05, 4.69) is 15.1 Å². The molecule has 1 aliphatic rings. The number of nitrogen functional groups attached to an aromatic ring is 1. The van der Waals surface area contributed by atoms with Crippen molar-refractivity contribution in [2.24, 2.45) is 0 Å². The summed E-state index contributed by atoms with van der Waals surface area (Å²) in [6.45, 7) is 1.09. The molecule has 0 spiro atoms. The standard InChI is InChI=1S/C29H22F4N6O5/c1-14-7-25(44-27-17(30)3-2-4-18(27)31)35-12-22(14)39-28(34)16(11-36-39)26(40)20-8-15-9-23(43-13-24(32)33)21(10-19(15)37-20)38-5-6-42-29(38)41/h2-4,7-12,24,37H,5-6,13,34H2,1H3. The molecular weight excluding hydrogens is 588 g/mol. The van der Waals surface area contributed by atoms with Gasteiger partial charge in [-0.05, 0) is 42.8 Å². The summed E-state index contributed by atoms with van der Waals surface area (Å²) >= 11 is 0. The molecular formula is C29H22F4N6O5. The van der Waals surface area contributed by atoms with E-state index in [-0.39, 0.29) is 47.5 Å². The predicted octanol–water partition coefficient (Wildman–Crippen LogP) is 5.54. The number of alkyl halides is 2. The first-order valence-corrected chi connectivity index (χ1v) is 13.1. The number of nitrogens with two attached hydrogens (primary N) is 1. The van der Waals surface area contributed by atoms with Crippen molar-refractivity contribution >= 4 is 34.3 Å². The third kappa shape index (κ3) is 5.23. The summed E-state index contributed by atoms with van der Waals surface area (Å²) in [5.41, 5.74) is 8.01. The fraction of sp³-hybridized carbons (Fsp3) is 0.172. The molecule has 6 rings (SSSR count). The van der Waals surface area contributed by atoms with E-state index in [0.717, 1.165) is 12.1 Å². The van der Waals surface area contributed by atoms with Crippen molar-refractivity contribution in [1.82, 2.24) is 19.7 Å². The van der Waals surface area contributed by atoms with Crippen molar-refractivity contribution in [3.63, 3.8) is 0 Å². The number of anilines is 2. The molecule has 4 heterocycles. The first-order chi connectivity index (χ1) is 21.1. The Morgan fingerprint density at radius 3 is 2.59 bits per heavy atom. The third-order valence-corrected chi connectivity index (χ3v) is 6.82. The van der Waals surface area contributed by atoms with Crippen LogP contribution in [0.4, 0.5) is 33.9 Å². The van der Waals surface area contributed by atoms with Crippen LogP contribution in [0.15, 0.2) is 54.9 Å². The van der Waals surface area contributed by atoms with Gasteiger partial charge in [-0.2, -0.15) is 5.10 Å². The van der Waals surface area contributed by atoms with Gasteiger partial charge in [-0.3, -0.25) is 9.69 Å². The number of hydrogen-bond donors (Lipinski definition) is 2. The molecule has 0 aliphatic carbocycles. The quantitative estimate of drug-likeness (QED) is 0.164. The number of nitrogens with zero attached hydrogens (tertiary/aromatic N) is 4. The maximum atomic E-state index is 14.0. The maximum absolute atomic E-state index is 14.0. The van der Waals surface area contributed by atoms with E-state index in [0.29, 0.717) is 22.2 Å². The number of fused-ring (bicyclic) bond motifs is 1. The van der Waals surface area contributed by atoms with Crippen LogP contribution in [-0.4, -0.2) is 57.8 Å². The number of hydrogen-bond acceptors (Lipinski definition) is 8. The van der Waals surface area contributed by atoms with Gasteiger partial charge in [-0.15, -0.1) is 0 Å². The average Bonchev–Trinajstić information content (AvgIpc) is 3.71. The van der Waals surface area contributed by atoms with Crippen molar-refractivity contribution < 1.29 is 41.4 Å². The number of aromatic nitrogens is 4. The summed E-state index contributed by atoms with van der Waals surface area (Å²) < 4.78 is 70.6. The van der Waals surface area contributed by atoms with Gasteiger partial charge in [0.15, 0.2) is 11.6 Å². The molecule has 1 aliphatic heterocycles. The van der Waals surface area contributed by atoms with Gasteiger partial charge in [0, 0.05) is 17.0 Å². The number of benzene rings is 2. The highest BCUT2D eigenvalue weighted by Gasteiger charge is 2.28. The lowest BCUT2D eigenvalue weighted by Crippen LogP contribution is -2.24. The van der Waals surface area contributed by atoms with Crippen molar-refractivity contribution in [1.29, 1.82) is 0 Å². The number of para-hydroxylation sites is 1. The van der Waals surface area contributed by atoms with E-state index in [1.54, 1.807) is 6.92 Å². The number of halogens is 4. The Hall–Kier alpha value is -5.60. The number of ether oxygens (including phenoxy) is 3. The molecule has 2 aromatic carbocycles. The van der Waals surface area contributed by atoms with Crippen molar-refractivity contribution in [2.45, 2.75) is 13.3 Å². The molecule has 0 atom stereocenters. The summed E-state index contributed by atoms with van der Waals surface area (Å²) in [5, 5.41) is 4.69. The number of rotatable bonds is 9. The van der Waals surface area contributed by atoms with Gasteiger partial charge in [0.1, 0.15) is 24.8 Å². The summed E-state index contributed by atoms with van der Waals surface area (Å²) in [7, 11) is 0. The van der Waals surface area contributed by atoms with E-state index in [1.807, 2.05) is 0 Å². The molecule has 0 bridgehead atoms. The number of carbonyl (C=O) groups is 2. The van der Waals surface area contributed by atoms with Crippen LogP contribution < -0.4 is 20.1 Å². The predicted molar refractivity (Wildman–Crippen MR) is 149 cm³/mol. The highest BCUT2D eigenvalue weighted by Crippen LogP contribution is 2.36. The Morgan fingerprint density at radius 2 is 1.91 bits per heavy atom. The molecule has 11 nitrogen and oxygen atoms in total. The SMILES string of the molecule is Cc1cc(Oc2c(F)cccc2F)ncc1-n1ncc(C(=O)c2cc3cc(OCC(F)F)c(N4CCOC4=O)cc3[nH]2)c1N. The minimum absolute atomic E-state index is 0.0196. The molecule has 0 saturated carbocycles. The Bertz CT molecular complexity index is 1900. The largest absolute Gasteiger partial charge is 0.485 e. The molecule has 1 amide bonds. The monoisotopic (exact) mass is 610 g/mol. The fourth-order valence-electron chi connectivity index (χ4n) is 4.72. The lowest BCUT2D eigenvalue weighted by atomic mass is 10.1.